The molecule has 1 aromatic heterocycles. The molecule has 1 heterocycles. The number of hydrogen-bond acceptors (Lipinski definition) is 4. The van der Waals surface area contributed by atoms with Gasteiger partial charge in [0.1, 0.15) is 5.82 Å². The van der Waals surface area contributed by atoms with Crippen LogP contribution in [0.25, 0.3) is 0 Å². The molecule has 0 N–H and O–H groups in total. The average Bonchev–Trinajstić information content (AvgIpc) is 2.63. The molecule has 0 aliphatic heterocycles. The van der Waals surface area contributed by atoms with Crippen LogP contribution in [-0.2, 0) is 23.1 Å². The largest absolute Gasteiger partial charge is 0.468 e. The van der Waals surface area contributed by atoms with Gasteiger partial charge in [0.25, 0.3) is 0 Å². The molecule has 0 bridgehead atoms. The van der Waals surface area contributed by atoms with Crippen LogP contribution in [0.2, 0.25) is 0 Å². The number of hydrogen-bond donors (Lipinski definition) is 0. The molecule has 0 saturated carbocycles. The molecule has 0 aromatic carbocycles. The Hall–Kier alpha value is -1.36. The van der Waals surface area contributed by atoms with Gasteiger partial charge in [-0.1, -0.05) is 6.92 Å². The Kier molecular flexibility index (Phi) is 4.30. The average molecular weight is 211 g/mol. The molecule has 84 valence electrons. The Morgan fingerprint density at radius 1 is 1.67 bits per heavy atom. The summed E-state index contributed by atoms with van der Waals surface area (Å²) in [5, 5.41) is 0. The van der Waals surface area contributed by atoms with Gasteiger partial charge in [-0.25, -0.2) is 4.98 Å². The number of esters is 1. The number of carbonyl (C=O) groups is 1. The highest BCUT2D eigenvalue weighted by molar-refractivity contribution is 5.71. The van der Waals surface area contributed by atoms with Crippen LogP contribution in [0.1, 0.15) is 12.7 Å². The number of aromatic nitrogens is 2. The van der Waals surface area contributed by atoms with Crippen molar-refractivity contribution >= 4 is 5.97 Å². The van der Waals surface area contributed by atoms with Crippen molar-refractivity contribution in [3.05, 3.63) is 18.2 Å². The molecule has 0 saturated heterocycles. The summed E-state index contributed by atoms with van der Waals surface area (Å²) in [6.07, 6.45) is 3.64. The van der Waals surface area contributed by atoms with Gasteiger partial charge in [-0.05, 0) is 6.54 Å². The molecule has 0 unspecified atom stereocenters. The summed E-state index contributed by atoms with van der Waals surface area (Å²) in [4.78, 5) is 17.3. The lowest BCUT2D eigenvalue weighted by atomic mass is 10.4. The third kappa shape index (κ3) is 3.36. The van der Waals surface area contributed by atoms with Crippen molar-refractivity contribution < 1.29 is 9.53 Å². The lowest BCUT2D eigenvalue weighted by Gasteiger charge is -2.18. The maximum absolute atomic E-state index is 11.1. The van der Waals surface area contributed by atoms with Gasteiger partial charge >= 0.3 is 5.97 Å². The van der Waals surface area contributed by atoms with Crippen molar-refractivity contribution in [1.82, 2.24) is 14.5 Å². The van der Waals surface area contributed by atoms with Crippen molar-refractivity contribution in [3.63, 3.8) is 0 Å². The Morgan fingerprint density at radius 3 is 2.87 bits per heavy atom. The molecule has 0 radical (unpaired) electrons. The second kappa shape index (κ2) is 5.50. The predicted octanol–water partition coefficient (Wildman–Crippen LogP) is 0.415. The van der Waals surface area contributed by atoms with E-state index in [9.17, 15) is 4.79 Å². The summed E-state index contributed by atoms with van der Waals surface area (Å²) in [5.41, 5.74) is 0. The number of imidazole rings is 1. The number of likely N-dealkylation sites (N-methyl/N-ethyl adjacent to an activating group) is 1. The molecular formula is C10H17N3O2. The molecule has 0 fully saturated rings. The minimum Gasteiger partial charge on any atom is -0.468 e. The zero-order valence-corrected chi connectivity index (χ0v) is 9.43. The molecule has 0 aliphatic rings. The van der Waals surface area contributed by atoms with Gasteiger partial charge in [0.2, 0.25) is 0 Å². The molecular weight excluding hydrogens is 194 g/mol. The van der Waals surface area contributed by atoms with E-state index in [2.05, 4.69) is 9.72 Å². The fourth-order valence-electron chi connectivity index (χ4n) is 1.28. The van der Waals surface area contributed by atoms with Gasteiger partial charge in [-0.2, -0.15) is 0 Å². The number of aryl methyl sites for hydroxylation is 1. The highest BCUT2D eigenvalue weighted by Gasteiger charge is 2.11. The van der Waals surface area contributed by atoms with Crippen LogP contribution >= 0.6 is 0 Å². The summed E-state index contributed by atoms with van der Waals surface area (Å²) in [6, 6.07) is 0. The van der Waals surface area contributed by atoms with E-state index in [4.69, 9.17) is 0 Å². The first-order valence-corrected chi connectivity index (χ1v) is 4.92. The summed E-state index contributed by atoms with van der Waals surface area (Å²) in [6.45, 7) is 3.77. The normalized spacial score (nSPS) is 10.7. The smallest absolute Gasteiger partial charge is 0.319 e. The molecule has 1 rings (SSSR count). The number of rotatable bonds is 5. The first-order chi connectivity index (χ1) is 7.17. The highest BCUT2D eigenvalue weighted by Crippen LogP contribution is 2.01. The Balaban J connectivity index is 2.54. The number of carbonyl (C=O) groups excluding carboxylic acids is 1. The molecule has 0 atom stereocenters. The predicted molar refractivity (Wildman–Crippen MR) is 56.2 cm³/mol. The lowest BCUT2D eigenvalue weighted by Crippen LogP contribution is -2.30. The summed E-state index contributed by atoms with van der Waals surface area (Å²) in [7, 11) is 3.34. The van der Waals surface area contributed by atoms with Gasteiger partial charge in [0, 0.05) is 19.4 Å². The SMILES string of the molecule is CCN(CC(=O)OC)Cc1nccn1C. The summed E-state index contributed by atoms with van der Waals surface area (Å²) >= 11 is 0. The summed E-state index contributed by atoms with van der Waals surface area (Å²) < 4.78 is 6.57. The molecule has 0 spiro atoms. The van der Waals surface area contributed by atoms with Crippen LogP contribution in [0.4, 0.5) is 0 Å². The van der Waals surface area contributed by atoms with Crippen LogP contribution in [0.15, 0.2) is 12.4 Å². The lowest BCUT2D eigenvalue weighted by molar-refractivity contribution is -0.142. The van der Waals surface area contributed by atoms with E-state index in [1.807, 2.05) is 29.6 Å². The standard InChI is InChI=1S/C10H17N3O2/c1-4-13(8-10(14)15-3)7-9-11-5-6-12(9)2/h5-6H,4,7-8H2,1-3H3. The second-order valence-electron chi connectivity index (χ2n) is 3.33. The zero-order valence-electron chi connectivity index (χ0n) is 9.43. The van der Waals surface area contributed by atoms with Crippen molar-refractivity contribution in [3.8, 4) is 0 Å². The minimum atomic E-state index is -0.217. The van der Waals surface area contributed by atoms with E-state index < -0.39 is 0 Å². The van der Waals surface area contributed by atoms with Crippen LogP contribution < -0.4 is 0 Å². The highest BCUT2D eigenvalue weighted by atomic mass is 16.5. The summed E-state index contributed by atoms with van der Waals surface area (Å²) in [5.74, 6) is 0.729. The number of methoxy groups -OCH3 is 1. The van der Waals surface area contributed by atoms with Crippen molar-refractivity contribution in [1.29, 1.82) is 0 Å². The molecule has 1 aromatic rings. The maximum Gasteiger partial charge on any atom is 0.319 e. The van der Waals surface area contributed by atoms with Gasteiger partial charge in [-0.3, -0.25) is 9.69 Å². The number of ether oxygens (including phenoxy) is 1. The molecule has 15 heavy (non-hydrogen) atoms. The van der Waals surface area contributed by atoms with Crippen molar-refractivity contribution in [2.45, 2.75) is 13.5 Å². The third-order valence-electron chi connectivity index (χ3n) is 2.31. The van der Waals surface area contributed by atoms with E-state index >= 15 is 0 Å². The molecule has 5 heteroatoms. The van der Waals surface area contributed by atoms with Crippen molar-refractivity contribution in [2.24, 2.45) is 7.05 Å². The molecule has 5 nitrogen and oxygen atoms in total. The van der Waals surface area contributed by atoms with Crippen LogP contribution in [-0.4, -0.2) is 40.6 Å². The zero-order chi connectivity index (χ0) is 11.3. The fourth-order valence-corrected chi connectivity index (χ4v) is 1.28. The van der Waals surface area contributed by atoms with E-state index in [1.54, 1.807) is 6.20 Å². The van der Waals surface area contributed by atoms with Crippen LogP contribution in [0.3, 0.4) is 0 Å². The third-order valence-corrected chi connectivity index (χ3v) is 2.31. The Morgan fingerprint density at radius 2 is 2.40 bits per heavy atom. The first kappa shape index (κ1) is 11.7. The van der Waals surface area contributed by atoms with Gasteiger partial charge in [0.15, 0.2) is 0 Å². The minimum absolute atomic E-state index is 0.217. The van der Waals surface area contributed by atoms with Gasteiger partial charge in [0.05, 0.1) is 20.2 Å². The fraction of sp³-hybridized carbons (Fsp3) is 0.600. The van der Waals surface area contributed by atoms with E-state index in [-0.39, 0.29) is 5.97 Å². The van der Waals surface area contributed by atoms with Crippen LogP contribution in [0.5, 0.6) is 0 Å². The second-order valence-corrected chi connectivity index (χ2v) is 3.33. The number of nitrogens with zero attached hydrogens (tertiary/aromatic N) is 3. The van der Waals surface area contributed by atoms with Crippen LogP contribution in [0, 0.1) is 0 Å². The monoisotopic (exact) mass is 211 g/mol. The Bertz CT molecular complexity index is 322. The topological polar surface area (TPSA) is 47.4 Å². The van der Waals surface area contributed by atoms with E-state index in [0.29, 0.717) is 13.1 Å². The van der Waals surface area contributed by atoms with Gasteiger partial charge < -0.3 is 9.30 Å². The first-order valence-electron chi connectivity index (χ1n) is 4.92. The maximum atomic E-state index is 11.1. The van der Waals surface area contributed by atoms with Gasteiger partial charge in [-0.15, -0.1) is 0 Å². The van der Waals surface area contributed by atoms with E-state index in [1.165, 1.54) is 7.11 Å². The Labute approximate surface area is 89.7 Å². The van der Waals surface area contributed by atoms with E-state index in [0.717, 1.165) is 12.4 Å². The van der Waals surface area contributed by atoms with Crippen molar-refractivity contribution in [2.75, 3.05) is 20.2 Å². The molecule has 0 amide bonds. The quantitative estimate of drug-likeness (QED) is 0.662. The molecule has 0 aliphatic carbocycles.